The van der Waals surface area contributed by atoms with E-state index in [0.717, 1.165) is 31.4 Å². The molecule has 0 atom stereocenters. The first-order chi connectivity index (χ1) is 11.6. The molecule has 0 aliphatic carbocycles. The van der Waals surface area contributed by atoms with E-state index in [2.05, 4.69) is 11.9 Å². The van der Waals surface area contributed by atoms with Crippen molar-refractivity contribution >= 4 is 28.6 Å². The topological polar surface area (TPSA) is 59.2 Å². The molecule has 1 heterocycles. The van der Waals surface area contributed by atoms with Crippen LogP contribution in [-0.4, -0.2) is 23.3 Å². The van der Waals surface area contributed by atoms with E-state index >= 15 is 0 Å². The molecular formula is C18H22FNO3S. The maximum Gasteiger partial charge on any atom is 0.344 e. The van der Waals surface area contributed by atoms with Crippen molar-refractivity contribution in [2.45, 2.75) is 44.6 Å². The Balaban J connectivity index is 2.39. The fraction of sp³-hybridized carbons (Fsp3) is 0.444. The Hall–Kier alpha value is -1.82. The van der Waals surface area contributed by atoms with Crippen LogP contribution in [0.4, 0.5) is 4.39 Å². The van der Waals surface area contributed by atoms with Crippen molar-refractivity contribution in [3.05, 3.63) is 39.8 Å². The molecule has 0 saturated carbocycles. The molecular weight excluding hydrogens is 329 g/mol. The van der Waals surface area contributed by atoms with Crippen molar-refractivity contribution in [3.8, 4) is 0 Å². The van der Waals surface area contributed by atoms with Crippen LogP contribution in [0.25, 0.3) is 10.9 Å². The lowest BCUT2D eigenvalue weighted by molar-refractivity contribution is 0.0520. The molecule has 0 aliphatic rings. The number of hydrogen-bond donors (Lipinski definition) is 1. The molecule has 0 saturated heterocycles. The van der Waals surface area contributed by atoms with Gasteiger partial charge in [-0.05, 0) is 37.3 Å². The number of aromatic nitrogens is 1. The molecule has 0 bridgehead atoms. The largest absolute Gasteiger partial charge is 0.462 e. The number of nitrogens with one attached hydrogen (secondary N) is 1. The second kappa shape index (κ2) is 8.87. The van der Waals surface area contributed by atoms with Crippen molar-refractivity contribution in [1.29, 1.82) is 0 Å². The Bertz CT molecular complexity index is 773. The first kappa shape index (κ1) is 18.5. The van der Waals surface area contributed by atoms with Crippen molar-refractivity contribution in [3.63, 3.8) is 0 Å². The van der Waals surface area contributed by atoms with Crippen LogP contribution in [0.3, 0.4) is 0 Å². The number of H-pyrrole nitrogens is 1. The number of hydrogen-bond acceptors (Lipinski definition) is 4. The molecule has 1 aromatic carbocycles. The second-order valence-corrected chi connectivity index (χ2v) is 6.58. The number of pyridine rings is 1. The van der Waals surface area contributed by atoms with E-state index in [9.17, 15) is 14.0 Å². The highest BCUT2D eigenvalue weighted by molar-refractivity contribution is 7.99. The number of rotatable bonds is 8. The number of esters is 1. The number of thioether (sulfide) groups is 1. The van der Waals surface area contributed by atoms with E-state index in [0.29, 0.717) is 10.5 Å². The van der Waals surface area contributed by atoms with Crippen LogP contribution in [0.2, 0.25) is 0 Å². The average molecular weight is 351 g/mol. The normalized spacial score (nSPS) is 11.0. The molecule has 0 aliphatic heterocycles. The Kier molecular flexibility index (Phi) is 6.85. The van der Waals surface area contributed by atoms with Crippen molar-refractivity contribution in [2.24, 2.45) is 0 Å². The van der Waals surface area contributed by atoms with Gasteiger partial charge in [0.2, 0.25) is 5.43 Å². The number of halogens is 1. The molecule has 0 fully saturated rings. The zero-order chi connectivity index (χ0) is 17.5. The molecule has 0 radical (unpaired) electrons. The van der Waals surface area contributed by atoms with Gasteiger partial charge < -0.3 is 9.72 Å². The number of aromatic amines is 1. The quantitative estimate of drug-likeness (QED) is 0.432. The molecule has 1 aromatic heterocycles. The van der Waals surface area contributed by atoms with Gasteiger partial charge in [0, 0.05) is 5.39 Å². The van der Waals surface area contributed by atoms with Crippen LogP contribution < -0.4 is 5.43 Å². The second-order valence-electron chi connectivity index (χ2n) is 5.48. The summed E-state index contributed by atoms with van der Waals surface area (Å²) < 4.78 is 18.5. The molecule has 0 unspecified atom stereocenters. The van der Waals surface area contributed by atoms with Gasteiger partial charge in [-0.3, -0.25) is 4.79 Å². The number of unbranched alkanes of at least 4 members (excludes halogenated alkanes) is 3. The van der Waals surface area contributed by atoms with E-state index in [-0.39, 0.29) is 17.6 Å². The Morgan fingerprint density at radius 1 is 1.25 bits per heavy atom. The van der Waals surface area contributed by atoms with Gasteiger partial charge in [0.15, 0.2) is 0 Å². The highest BCUT2D eigenvalue weighted by Crippen LogP contribution is 2.24. The van der Waals surface area contributed by atoms with Crippen LogP contribution >= 0.6 is 11.8 Å². The summed E-state index contributed by atoms with van der Waals surface area (Å²) in [6.07, 6.45) is 4.39. The lowest BCUT2D eigenvalue weighted by Crippen LogP contribution is -2.20. The highest BCUT2D eigenvalue weighted by Gasteiger charge is 2.20. The van der Waals surface area contributed by atoms with E-state index in [1.165, 1.54) is 30.0 Å². The fourth-order valence-electron chi connectivity index (χ4n) is 2.44. The Labute approximate surface area is 144 Å². The summed E-state index contributed by atoms with van der Waals surface area (Å²) in [6.45, 7) is 4.03. The van der Waals surface area contributed by atoms with E-state index < -0.39 is 17.2 Å². The molecule has 24 heavy (non-hydrogen) atoms. The van der Waals surface area contributed by atoms with E-state index in [1.54, 1.807) is 6.92 Å². The van der Waals surface area contributed by atoms with E-state index in [1.807, 2.05) is 0 Å². The van der Waals surface area contributed by atoms with Crippen molar-refractivity contribution in [1.82, 2.24) is 4.98 Å². The van der Waals surface area contributed by atoms with Gasteiger partial charge in [-0.25, -0.2) is 9.18 Å². The summed E-state index contributed by atoms with van der Waals surface area (Å²) in [4.78, 5) is 27.9. The number of benzene rings is 1. The van der Waals surface area contributed by atoms with Crippen LogP contribution in [0.15, 0.2) is 28.0 Å². The van der Waals surface area contributed by atoms with Crippen LogP contribution in [0.5, 0.6) is 0 Å². The summed E-state index contributed by atoms with van der Waals surface area (Å²) in [6, 6.07) is 3.87. The van der Waals surface area contributed by atoms with Gasteiger partial charge in [0.05, 0.1) is 17.1 Å². The van der Waals surface area contributed by atoms with Gasteiger partial charge in [0.1, 0.15) is 11.4 Å². The zero-order valence-corrected chi connectivity index (χ0v) is 14.8. The number of carbonyl (C=O) groups is 1. The lowest BCUT2D eigenvalue weighted by atomic mass is 10.1. The third-order valence-corrected chi connectivity index (χ3v) is 4.74. The average Bonchev–Trinajstić information content (AvgIpc) is 2.54. The molecule has 6 heteroatoms. The molecule has 2 aromatic rings. The van der Waals surface area contributed by atoms with Gasteiger partial charge >= 0.3 is 5.97 Å². The molecule has 1 N–H and O–H groups in total. The lowest BCUT2D eigenvalue weighted by Gasteiger charge is -2.10. The van der Waals surface area contributed by atoms with Gasteiger partial charge in [-0.2, -0.15) is 0 Å². The van der Waals surface area contributed by atoms with Crippen LogP contribution in [0, 0.1) is 5.82 Å². The fourth-order valence-corrected chi connectivity index (χ4v) is 3.50. The molecule has 2 rings (SSSR count). The van der Waals surface area contributed by atoms with E-state index in [4.69, 9.17) is 4.74 Å². The maximum absolute atomic E-state index is 13.5. The third-order valence-electron chi connectivity index (χ3n) is 3.65. The number of ether oxygens (including phenoxy) is 1. The van der Waals surface area contributed by atoms with Crippen LogP contribution in [0.1, 0.15) is 49.9 Å². The minimum atomic E-state index is -0.638. The Morgan fingerprint density at radius 2 is 2.04 bits per heavy atom. The molecule has 130 valence electrons. The first-order valence-corrected chi connectivity index (χ1v) is 9.22. The van der Waals surface area contributed by atoms with Crippen LogP contribution in [-0.2, 0) is 4.74 Å². The maximum atomic E-state index is 13.5. The molecule has 0 amide bonds. The highest BCUT2D eigenvalue weighted by atomic mass is 32.2. The third kappa shape index (κ3) is 4.38. The van der Waals surface area contributed by atoms with Crippen molar-refractivity contribution in [2.75, 3.05) is 12.4 Å². The molecule has 0 spiro atoms. The van der Waals surface area contributed by atoms with Gasteiger partial charge in [-0.1, -0.05) is 26.2 Å². The predicted octanol–water partition coefficient (Wildman–Crippen LogP) is 4.52. The SMILES string of the molecule is CCCCCCSc1[nH]c2cc(F)ccc2c(=O)c1C(=O)OCC. The first-order valence-electron chi connectivity index (χ1n) is 8.24. The minimum Gasteiger partial charge on any atom is -0.462 e. The Morgan fingerprint density at radius 3 is 2.75 bits per heavy atom. The van der Waals surface area contributed by atoms with Gasteiger partial charge in [-0.15, -0.1) is 11.8 Å². The number of fused-ring (bicyclic) bond motifs is 1. The summed E-state index contributed by atoms with van der Waals surface area (Å²) >= 11 is 1.41. The van der Waals surface area contributed by atoms with Crippen molar-refractivity contribution < 1.29 is 13.9 Å². The summed E-state index contributed by atoms with van der Waals surface area (Å²) in [5.41, 5.74) is -0.0150. The standard InChI is InChI=1S/C18H22FNO3S/c1-3-5-6-7-10-24-17-15(18(22)23-4-2)16(21)13-9-8-12(19)11-14(13)20-17/h8-9,11H,3-7,10H2,1-2H3,(H,20,21). The zero-order valence-electron chi connectivity index (χ0n) is 14.0. The molecule has 4 nitrogen and oxygen atoms in total. The minimum absolute atomic E-state index is 0.0106. The predicted molar refractivity (Wildman–Crippen MR) is 95.3 cm³/mol. The summed E-state index contributed by atoms with van der Waals surface area (Å²) in [5, 5.41) is 0.739. The summed E-state index contributed by atoms with van der Waals surface area (Å²) in [7, 11) is 0. The summed E-state index contributed by atoms with van der Waals surface area (Å²) in [5.74, 6) is -0.287. The van der Waals surface area contributed by atoms with Gasteiger partial charge in [0.25, 0.3) is 0 Å². The number of carbonyl (C=O) groups excluding carboxylic acids is 1. The smallest absolute Gasteiger partial charge is 0.344 e. The monoisotopic (exact) mass is 351 g/mol.